The number of H-pyrrole nitrogens is 1. The number of carbonyl (C=O) groups excluding carboxylic acids is 1. The molecule has 0 radical (unpaired) electrons. The molecule has 2 aromatic heterocycles. The van der Waals surface area contributed by atoms with Crippen molar-refractivity contribution in [2.45, 2.75) is 32.7 Å². The van der Waals surface area contributed by atoms with Gasteiger partial charge >= 0.3 is 0 Å². The predicted molar refractivity (Wildman–Crippen MR) is 156 cm³/mol. The van der Waals surface area contributed by atoms with Crippen LogP contribution in [0, 0.1) is 6.92 Å². The van der Waals surface area contributed by atoms with E-state index in [0.29, 0.717) is 18.0 Å². The van der Waals surface area contributed by atoms with Gasteiger partial charge in [-0.2, -0.15) is 4.57 Å². The van der Waals surface area contributed by atoms with E-state index in [2.05, 4.69) is 64.4 Å². The number of aromatic amines is 1. The number of halogens is 1. The molecule has 7 rings (SSSR count). The monoisotopic (exact) mass is 629 g/mol. The summed E-state index contributed by atoms with van der Waals surface area (Å²) in [5.41, 5.74) is 7.07. The first kappa shape index (κ1) is 27.9. The number of nitrogens with one attached hydrogen (secondary N) is 2. The number of nitrogens with zero attached hydrogens (tertiary/aromatic N) is 1. The van der Waals surface area contributed by atoms with Crippen LogP contribution in [0.4, 0.5) is 0 Å². The lowest BCUT2D eigenvalue weighted by molar-refractivity contribution is -0.686. The summed E-state index contributed by atoms with van der Waals surface area (Å²) >= 11 is 0. The quantitative estimate of drug-likeness (QED) is 0.257. The van der Waals surface area contributed by atoms with E-state index in [1.807, 2.05) is 18.3 Å². The third kappa shape index (κ3) is 5.13. The number of amides is 1. The molecule has 0 saturated carbocycles. The lowest BCUT2D eigenvalue weighted by Gasteiger charge is -2.18. The standard InChI is InChI=1S/C33H31N3O5.BrH/c1-20-3-5-27-24(13-20)23(17-35-27)7-10-34-32(37)9-12-39-33-26-18-36-11-8-22-15-30-31(41-19-40-30)16-25(22)28(36)14-21(26)4-6-29(33)38-2;/h3-6,13-18,35H,7-12,19H2,1-2H3;1H. The Morgan fingerprint density at radius 2 is 1.93 bits per heavy atom. The van der Waals surface area contributed by atoms with Gasteiger partial charge in [-0.15, -0.1) is 0 Å². The highest BCUT2D eigenvalue weighted by Gasteiger charge is 2.28. The predicted octanol–water partition coefficient (Wildman–Crippen LogP) is 2.01. The second-order valence-corrected chi connectivity index (χ2v) is 10.6. The van der Waals surface area contributed by atoms with Crippen LogP contribution in [0.15, 0.2) is 60.9 Å². The van der Waals surface area contributed by atoms with Gasteiger partial charge in [0.05, 0.1) is 31.1 Å². The van der Waals surface area contributed by atoms with Crippen LogP contribution < -0.4 is 45.8 Å². The molecule has 0 bridgehead atoms. The number of pyridine rings is 1. The van der Waals surface area contributed by atoms with Crippen molar-refractivity contribution in [3.8, 4) is 34.3 Å². The molecule has 0 spiro atoms. The zero-order valence-corrected chi connectivity index (χ0v) is 25.2. The summed E-state index contributed by atoms with van der Waals surface area (Å²) in [6.07, 6.45) is 6.06. The van der Waals surface area contributed by atoms with E-state index in [-0.39, 0.29) is 42.7 Å². The zero-order chi connectivity index (χ0) is 27.9. The third-order valence-electron chi connectivity index (χ3n) is 8.01. The molecule has 2 aliphatic rings. The maximum Gasteiger partial charge on any atom is 0.231 e. The molecule has 9 heteroatoms. The van der Waals surface area contributed by atoms with E-state index >= 15 is 0 Å². The van der Waals surface area contributed by atoms with E-state index in [1.165, 1.54) is 22.1 Å². The van der Waals surface area contributed by atoms with Gasteiger partial charge in [-0.25, -0.2) is 0 Å². The highest BCUT2D eigenvalue weighted by molar-refractivity contribution is 5.92. The second kappa shape index (κ2) is 11.6. The van der Waals surface area contributed by atoms with Gasteiger partial charge in [0.2, 0.25) is 18.4 Å². The average Bonchev–Trinajstić information content (AvgIpc) is 3.61. The smallest absolute Gasteiger partial charge is 0.231 e. The fraction of sp³-hybridized carbons (Fsp3) is 0.273. The first-order chi connectivity index (χ1) is 20.1. The molecular weight excluding hydrogens is 598 g/mol. The van der Waals surface area contributed by atoms with Crippen LogP contribution >= 0.6 is 0 Å². The maximum atomic E-state index is 12.6. The third-order valence-corrected chi connectivity index (χ3v) is 8.01. The van der Waals surface area contributed by atoms with Gasteiger partial charge in [-0.05, 0) is 66.3 Å². The molecule has 3 aromatic carbocycles. The van der Waals surface area contributed by atoms with Gasteiger partial charge in [0.15, 0.2) is 35.7 Å². The maximum absolute atomic E-state index is 12.6. The van der Waals surface area contributed by atoms with Crippen LogP contribution in [0.1, 0.15) is 23.1 Å². The molecule has 4 heterocycles. The Hall–Kier alpha value is -4.24. The van der Waals surface area contributed by atoms with Crippen molar-refractivity contribution in [1.82, 2.24) is 10.3 Å². The van der Waals surface area contributed by atoms with Crippen molar-refractivity contribution in [3.05, 3.63) is 77.6 Å². The van der Waals surface area contributed by atoms with Gasteiger partial charge in [0.1, 0.15) is 0 Å². The minimum absolute atomic E-state index is 0. The molecule has 0 saturated heterocycles. The summed E-state index contributed by atoms with van der Waals surface area (Å²) < 4.78 is 25.3. The van der Waals surface area contributed by atoms with Crippen LogP contribution in [-0.2, 0) is 24.2 Å². The fourth-order valence-electron chi connectivity index (χ4n) is 5.88. The number of benzene rings is 3. The Balaban J connectivity index is 0.00000316. The fourth-order valence-corrected chi connectivity index (χ4v) is 5.88. The van der Waals surface area contributed by atoms with Crippen molar-refractivity contribution in [1.29, 1.82) is 0 Å². The Morgan fingerprint density at radius 3 is 2.79 bits per heavy atom. The summed E-state index contributed by atoms with van der Waals surface area (Å²) in [5, 5.41) is 6.23. The SMILES string of the molecule is COc1ccc2cc3[n+](cc2c1OCCC(=O)NCCc1c[nH]c2ccc(C)cc12)CCc1cc2c(cc1-3)OCO2.[Br-]. The molecule has 42 heavy (non-hydrogen) atoms. The van der Waals surface area contributed by atoms with Crippen molar-refractivity contribution >= 4 is 27.6 Å². The topological polar surface area (TPSA) is 85.7 Å². The van der Waals surface area contributed by atoms with Crippen LogP contribution in [0.2, 0.25) is 0 Å². The van der Waals surface area contributed by atoms with E-state index in [0.717, 1.165) is 58.4 Å². The number of methoxy groups -OCH3 is 1. The summed E-state index contributed by atoms with van der Waals surface area (Å²) in [4.78, 5) is 15.9. The van der Waals surface area contributed by atoms with Gasteiger partial charge < -0.3 is 46.2 Å². The number of hydrogen-bond acceptors (Lipinski definition) is 5. The summed E-state index contributed by atoms with van der Waals surface area (Å²) in [7, 11) is 1.64. The Labute approximate surface area is 254 Å². The highest BCUT2D eigenvalue weighted by Crippen LogP contribution is 2.41. The Kier molecular flexibility index (Phi) is 7.68. The average molecular weight is 631 g/mol. The zero-order valence-electron chi connectivity index (χ0n) is 23.6. The lowest BCUT2D eigenvalue weighted by Crippen LogP contribution is -3.00. The van der Waals surface area contributed by atoms with Gasteiger partial charge in [-0.3, -0.25) is 4.79 Å². The molecule has 0 fully saturated rings. The molecule has 0 atom stereocenters. The molecule has 216 valence electrons. The van der Waals surface area contributed by atoms with Gasteiger partial charge in [0, 0.05) is 36.1 Å². The summed E-state index contributed by atoms with van der Waals surface area (Å²) in [5.74, 6) is 2.86. The number of rotatable bonds is 8. The molecule has 5 aromatic rings. The molecule has 1 amide bonds. The largest absolute Gasteiger partial charge is 1.00 e. The van der Waals surface area contributed by atoms with E-state index in [9.17, 15) is 4.79 Å². The molecule has 2 aliphatic heterocycles. The van der Waals surface area contributed by atoms with E-state index in [4.69, 9.17) is 18.9 Å². The summed E-state index contributed by atoms with van der Waals surface area (Å²) in [6, 6.07) is 16.7. The number of carbonyl (C=O) groups is 1. The van der Waals surface area contributed by atoms with Crippen molar-refractivity contribution < 1.29 is 45.3 Å². The first-order valence-electron chi connectivity index (χ1n) is 14.0. The first-order valence-corrected chi connectivity index (χ1v) is 14.0. The molecule has 8 nitrogen and oxygen atoms in total. The molecule has 0 unspecified atom stereocenters. The lowest BCUT2D eigenvalue weighted by atomic mass is 9.95. The minimum atomic E-state index is -0.0395. The molecular formula is C33H32BrN3O5. The van der Waals surface area contributed by atoms with Crippen LogP contribution in [0.25, 0.3) is 32.9 Å². The van der Waals surface area contributed by atoms with Gasteiger partial charge in [0.25, 0.3) is 0 Å². The summed E-state index contributed by atoms with van der Waals surface area (Å²) in [6.45, 7) is 4.01. The normalized spacial score (nSPS) is 12.9. The Morgan fingerprint density at radius 1 is 1.07 bits per heavy atom. The van der Waals surface area contributed by atoms with Crippen LogP contribution in [0.3, 0.4) is 0 Å². The number of aryl methyl sites for hydroxylation is 3. The van der Waals surface area contributed by atoms with E-state index in [1.54, 1.807) is 7.11 Å². The van der Waals surface area contributed by atoms with E-state index < -0.39 is 0 Å². The molecule has 0 aliphatic carbocycles. The number of aromatic nitrogens is 2. The van der Waals surface area contributed by atoms with Crippen molar-refractivity contribution in [2.75, 3.05) is 27.1 Å². The van der Waals surface area contributed by atoms with Gasteiger partial charge in [-0.1, -0.05) is 11.6 Å². The number of fused-ring (bicyclic) bond motifs is 6. The molecule has 2 N–H and O–H groups in total. The number of hydrogen-bond donors (Lipinski definition) is 2. The van der Waals surface area contributed by atoms with Crippen LogP contribution in [-0.4, -0.2) is 37.9 Å². The van der Waals surface area contributed by atoms with Crippen molar-refractivity contribution in [2.24, 2.45) is 0 Å². The van der Waals surface area contributed by atoms with Crippen molar-refractivity contribution in [3.63, 3.8) is 0 Å². The Bertz CT molecular complexity index is 1820. The van der Waals surface area contributed by atoms with Crippen LogP contribution in [0.5, 0.6) is 23.0 Å². The number of ether oxygens (including phenoxy) is 4. The minimum Gasteiger partial charge on any atom is -1.00 e. The highest BCUT2D eigenvalue weighted by atomic mass is 79.9. The second-order valence-electron chi connectivity index (χ2n) is 10.6.